The van der Waals surface area contributed by atoms with Crippen LogP contribution in [0.5, 0.6) is 0 Å². The summed E-state index contributed by atoms with van der Waals surface area (Å²) in [7, 11) is 0. The molecule has 4 nitrogen and oxygen atoms in total. The van der Waals surface area contributed by atoms with Crippen molar-refractivity contribution < 1.29 is 5.21 Å². The number of nitrogens with one attached hydrogen (secondary N) is 1. The summed E-state index contributed by atoms with van der Waals surface area (Å²) in [6, 6.07) is 0. The molecule has 0 saturated carbocycles. The quantitative estimate of drug-likeness (QED) is 0.328. The van der Waals surface area contributed by atoms with Crippen molar-refractivity contribution >= 4 is 5.71 Å². The van der Waals surface area contributed by atoms with Crippen LogP contribution in [0.2, 0.25) is 0 Å². The molecule has 9 heavy (non-hydrogen) atoms. The van der Waals surface area contributed by atoms with Gasteiger partial charge in [0.05, 0.1) is 0 Å². The van der Waals surface area contributed by atoms with E-state index in [2.05, 4.69) is 15.1 Å². The molecule has 0 unspecified atom stereocenters. The standard InChI is InChI=1S/C5H7N3O/c1-4(8-9)5-6-2-3-7-5/h2-3,9H,1H3,(H,6,7)/b8-4-. The molecule has 1 rings (SSSR count). The van der Waals surface area contributed by atoms with Gasteiger partial charge in [0.15, 0.2) is 5.82 Å². The van der Waals surface area contributed by atoms with Crippen molar-refractivity contribution in [2.45, 2.75) is 6.92 Å². The molecule has 0 aliphatic rings. The van der Waals surface area contributed by atoms with Gasteiger partial charge in [0.25, 0.3) is 0 Å². The van der Waals surface area contributed by atoms with Crippen molar-refractivity contribution in [2.75, 3.05) is 0 Å². The third-order valence-electron chi connectivity index (χ3n) is 0.991. The summed E-state index contributed by atoms with van der Waals surface area (Å²) in [5, 5.41) is 11.2. The lowest BCUT2D eigenvalue weighted by molar-refractivity contribution is 0.319. The molecule has 4 heteroatoms. The Bertz CT molecular complexity index is 202. The van der Waals surface area contributed by atoms with Gasteiger partial charge in [0.2, 0.25) is 0 Å². The first-order valence-electron chi connectivity index (χ1n) is 2.53. The molecular weight excluding hydrogens is 118 g/mol. The molecule has 0 atom stereocenters. The molecule has 48 valence electrons. The van der Waals surface area contributed by atoms with Gasteiger partial charge in [-0.05, 0) is 6.92 Å². The largest absolute Gasteiger partial charge is 0.411 e. The molecule has 1 heterocycles. The lowest BCUT2D eigenvalue weighted by Crippen LogP contribution is -1.95. The van der Waals surface area contributed by atoms with Gasteiger partial charge in [-0.25, -0.2) is 4.98 Å². The number of hydrogen-bond acceptors (Lipinski definition) is 3. The van der Waals surface area contributed by atoms with E-state index in [0.29, 0.717) is 11.5 Å². The van der Waals surface area contributed by atoms with E-state index in [-0.39, 0.29) is 0 Å². The fourth-order valence-electron chi connectivity index (χ4n) is 0.510. The second kappa shape index (κ2) is 2.30. The number of imidazole rings is 1. The average Bonchev–Trinajstić information content (AvgIpc) is 2.37. The Kier molecular flexibility index (Phi) is 1.48. The zero-order valence-electron chi connectivity index (χ0n) is 5.00. The van der Waals surface area contributed by atoms with E-state index >= 15 is 0 Å². The van der Waals surface area contributed by atoms with Crippen LogP contribution < -0.4 is 0 Å². The third-order valence-corrected chi connectivity index (χ3v) is 0.991. The Labute approximate surface area is 52.2 Å². The Balaban J connectivity index is 2.90. The summed E-state index contributed by atoms with van der Waals surface area (Å²) >= 11 is 0. The van der Waals surface area contributed by atoms with Gasteiger partial charge in [-0.3, -0.25) is 0 Å². The van der Waals surface area contributed by atoms with Crippen LogP contribution >= 0.6 is 0 Å². The van der Waals surface area contributed by atoms with Gasteiger partial charge in [0.1, 0.15) is 5.71 Å². The predicted molar refractivity (Wildman–Crippen MR) is 32.6 cm³/mol. The predicted octanol–water partition coefficient (Wildman–Crippen LogP) is 0.608. The molecule has 0 bridgehead atoms. The van der Waals surface area contributed by atoms with Gasteiger partial charge in [-0.1, -0.05) is 5.16 Å². The van der Waals surface area contributed by atoms with Crippen LogP contribution in [0.25, 0.3) is 0 Å². The highest BCUT2D eigenvalue weighted by molar-refractivity contribution is 5.94. The zero-order valence-corrected chi connectivity index (χ0v) is 5.00. The number of oxime groups is 1. The Morgan fingerprint density at radius 2 is 2.67 bits per heavy atom. The number of aromatic amines is 1. The van der Waals surface area contributed by atoms with E-state index in [0.717, 1.165) is 0 Å². The molecular formula is C5H7N3O. The van der Waals surface area contributed by atoms with Gasteiger partial charge >= 0.3 is 0 Å². The lowest BCUT2D eigenvalue weighted by Gasteiger charge is -1.86. The van der Waals surface area contributed by atoms with Crippen molar-refractivity contribution in [3.05, 3.63) is 18.2 Å². The van der Waals surface area contributed by atoms with Gasteiger partial charge < -0.3 is 10.2 Å². The highest BCUT2D eigenvalue weighted by Crippen LogP contribution is 1.89. The lowest BCUT2D eigenvalue weighted by atomic mass is 10.4. The molecule has 0 aliphatic carbocycles. The minimum atomic E-state index is 0.486. The minimum Gasteiger partial charge on any atom is -0.411 e. The summed E-state index contributed by atoms with van der Waals surface area (Å²) in [6.07, 6.45) is 3.27. The molecule has 2 N–H and O–H groups in total. The summed E-state index contributed by atoms with van der Waals surface area (Å²) in [5.41, 5.74) is 0.486. The minimum absolute atomic E-state index is 0.486. The molecule has 0 amide bonds. The Morgan fingerprint density at radius 3 is 3.11 bits per heavy atom. The topological polar surface area (TPSA) is 61.3 Å². The average molecular weight is 125 g/mol. The van der Waals surface area contributed by atoms with Crippen LogP contribution in [-0.4, -0.2) is 20.9 Å². The van der Waals surface area contributed by atoms with E-state index in [4.69, 9.17) is 5.21 Å². The zero-order chi connectivity index (χ0) is 6.69. The van der Waals surface area contributed by atoms with Crippen LogP contribution in [0.1, 0.15) is 12.7 Å². The summed E-state index contributed by atoms with van der Waals surface area (Å²) in [4.78, 5) is 6.63. The highest BCUT2D eigenvalue weighted by Gasteiger charge is 1.96. The van der Waals surface area contributed by atoms with Gasteiger partial charge in [-0.15, -0.1) is 0 Å². The third kappa shape index (κ3) is 1.07. The second-order valence-corrected chi connectivity index (χ2v) is 1.62. The van der Waals surface area contributed by atoms with Crippen molar-refractivity contribution in [3.8, 4) is 0 Å². The first-order chi connectivity index (χ1) is 4.34. The number of nitrogens with zero attached hydrogens (tertiary/aromatic N) is 2. The fraction of sp³-hybridized carbons (Fsp3) is 0.200. The Morgan fingerprint density at radius 1 is 1.89 bits per heavy atom. The number of hydrogen-bond donors (Lipinski definition) is 2. The van der Waals surface area contributed by atoms with Crippen LogP contribution in [0.3, 0.4) is 0 Å². The van der Waals surface area contributed by atoms with Crippen molar-refractivity contribution in [3.63, 3.8) is 0 Å². The van der Waals surface area contributed by atoms with Crippen molar-refractivity contribution in [1.82, 2.24) is 9.97 Å². The molecule has 1 aromatic heterocycles. The van der Waals surface area contributed by atoms with E-state index < -0.39 is 0 Å². The maximum absolute atomic E-state index is 8.23. The molecule has 0 fully saturated rings. The van der Waals surface area contributed by atoms with E-state index in [9.17, 15) is 0 Å². The first-order valence-corrected chi connectivity index (χ1v) is 2.53. The first kappa shape index (κ1) is 5.81. The number of H-pyrrole nitrogens is 1. The molecule has 0 radical (unpaired) electrons. The molecule has 0 spiro atoms. The Hall–Kier alpha value is -1.32. The van der Waals surface area contributed by atoms with Crippen LogP contribution in [-0.2, 0) is 0 Å². The van der Waals surface area contributed by atoms with Crippen LogP contribution in [0, 0.1) is 0 Å². The molecule has 0 saturated heterocycles. The number of rotatable bonds is 1. The van der Waals surface area contributed by atoms with E-state index in [1.807, 2.05) is 0 Å². The monoisotopic (exact) mass is 125 g/mol. The molecule has 1 aromatic rings. The number of aromatic nitrogens is 2. The summed E-state index contributed by atoms with van der Waals surface area (Å²) in [5.74, 6) is 0.595. The SMILES string of the molecule is C/C(=N/O)c1ncc[nH]1. The van der Waals surface area contributed by atoms with Crippen LogP contribution in [0.4, 0.5) is 0 Å². The van der Waals surface area contributed by atoms with E-state index in [1.54, 1.807) is 19.3 Å². The van der Waals surface area contributed by atoms with Crippen molar-refractivity contribution in [2.24, 2.45) is 5.16 Å². The maximum Gasteiger partial charge on any atom is 0.154 e. The van der Waals surface area contributed by atoms with Crippen LogP contribution in [0.15, 0.2) is 17.5 Å². The molecule has 0 aliphatic heterocycles. The fourth-order valence-corrected chi connectivity index (χ4v) is 0.510. The van der Waals surface area contributed by atoms with E-state index in [1.165, 1.54) is 0 Å². The molecule has 0 aromatic carbocycles. The normalized spacial score (nSPS) is 11.9. The summed E-state index contributed by atoms with van der Waals surface area (Å²) in [6.45, 7) is 1.67. The van der Waals surface area contributed by atoms with Crippen molar-refractivity contribution in [1.29, 1.82) is 0 Å². The second-order valence-electron chi connectivity index (χ2n) is 1.62. The highest BCUT2D eigenvalue weighted by atomic mass is 16.4. The smallest absolute Gasteiger partial charge is 0.154 e. The van der Waals surface area contributed by atoms with Gasteiger partial charge in [-0.2, -0.15) is 0 Å². The summed E-state index contributed by atoms with van der Waals surface area (Å²) < 4.78 is 0. The maximum atomic E-state index is 8.23. The van der Waals surface area contributed by atoms with Gasteiger partial charge in [0, 0.05) is 12.4 Å².